The van der Waals surface area contributed by atoms with Crippen molar-refractivity contribution in [2.75, 3.05) is 32.4 Å². The second-order valence-corrected chi connectivity index (χ2v) is 12.1. The second-order valence-electron chi connectivity index (χ2n) is 9.28. The summed E-state index contributed by atoms with van der Waals surface area (Å²) < 4.78 is 24.7. The van der Waals surface area contributed by atoms with Crippen LogP contribution in [0.3, 0.4) is 0 Å². The van der Waals surface area contributed by atoms with E-state index < -0.39 is 10.0 Å². The number of amides is 2. The van der Waals surface area contributed by atoms with Gasteiger partial charge in [-0.05, 0) is 50.0 Å². The Labute approximate surface area is 196 Å². The van der Waals surface area contributed by atoms with Crippen molar-refractivity contribution in [2.45, 2.75) is 70.8 Å². The Kier molecular flexibility index (Phi) is 8.75. The zero-order valence-corrected chi connectivity index (χ0v) is 21.1. The minimum atomic E-state index is -3.27. The van der Waals surface area contributed by atoms with Gasteiger partial charge in [0.2, 0.25) is 15.9 Å². The van der Waals surface area contributed by atoms with E-state index in [1.165, 1.54) is 11.3 Å². The van der Waals surface area contributed by atoms with Crippen molar-refractivity contribution in [2.24, 2.45) is 5.92 Å². The highest BCUT2D eigenvalue weighted by Crippen LogP contribution is 2.34. The molecule has 7 nitrogen and oxygen atoms in total. The molecule has 0 aromatic carbocycles. The third-order valence-electron chi connectivity index (χ3n) is 6.78. The molecule has 180 valence electrons. The van der Waals surface area contributed by atoms with E-state index in [-0.39, 0.29) is 24.8 Å². The molecule has 1 aromatic rings. The van der Waals surface area contributed by atoms with E-state index in [2.05, 4.69) is 29.5 Å². The van der Waals surface area contributed by atoms with Crippen molar-refractivity contribution in [1.29, 1.82) is 0 Å². The number of hydrogen-bond donors (Lipinski definition) is 1. The third kappa shape index (κ3) is 6.54. The van der Waals surface area contributed by atoms with Gasteiger partial charge in [0.1, 0.15) is 0 Å². The summed E-state index contributed by atoms with van der Waals surface area (Å²) in [7, 11) is -3.27. The summed E-state index contributed by atoms with van der Waals surface area (Å²) in [6.07, 6.45) is 7.46. The summed E-state index contributed by atoms with van der Waals surface area (Å²) >= 11 is 1.66. The molecule has 1 aromatic heterocycles. The van der Waals surface area contributed by atoms with Crippen LogP contribution in [0.15, 0.2) is 11.4 Å². The first kappa shape index (κ1) is 25.2. The Bertz CT molecular complexity index is 891. The molecule has 2 saturated heterocycles. The lowest BCUT2D eigenvalue weighted by molar-refractivity contribution is -0.132. The van der Waals surface area contributed by atoms with Crippen LogP contribution in [-0.2, 0) is 14.8 Å². The average Bonchev–Trinajstić information content (AvgIpc) is 3.24. The van der Waals surface area contributed by atoms with Crippen LogP contribution < -0.4 is 4.72 Å². The number of rotatable bonds is 8. The molecule has 9 heteroatoms. The van der Waals surface area contributed by atoms with E-state index in [0.29, 0.717) is 31.0 Å². The Morgan fingerprint density at radius 1 is 1.19 bits per heavy atom. The highest BCUT2D eigenvalue weighted by atomic mass is 32.2. The van der Waals surface area contributed by atoms with Crippen LogP contribution in [0.4, 0.5) is 0 Å². The first-order valence-corrected chi connectivity index (χ1v) is 14.6. The largest absolute Gasteiger partial charge is 0.343 e. The maximum Gasteiger partial charge on any atom is 0.254 e. The summed E-state index contributed by atoms with van der Waals surface area (Å²) in [5.74, 6) is 1.08. The van der Waals surface area contributed by atoms with Crippen LogP contribution in [0.2, 0.25) is 0 Å². The van der Waals surface area contributed by atoms with Gasteiger partial charge in [0.25, 0.3) is 5.91 Å². The maximum absolute atomic E-state index is 13.3. The zero-order chi connectivity index (χ0) is 23.3. The molecule has 2 atom stereocenters. The number of hydrogen-bond acceptors (Lipinski definition) is 5. The fourth-order valence-corrected chi connectivity index (χ4v) is 6.52. The predicted octanol–water partition coefficient (Wildman–Crippen LogP) is 3.43. The molecule has 0 radical (unpaired) electrons. The average molecular weight is 484 g/mol. The Hall–Kier alpha value is -1.45. The number of carbonyl (C=O) groups is 2. The van der Waals surface area contributed by atoms with Gasteiger partial charge in [0.05, 0.1) is 11.8 Å². The van der Waals surface area contributed by atoms with Crippen molar-refractivity contribution >= 4 is 33.2 Å². The number of piperidine rings is 2. The monoisotopic (exact) mass is 483 g/mol. The van der Waals surface area contributed by atoms with Gasteiger partial charge < -0.3 is 9.80 Å². The third-order valence-corrected chi connectivity index (χ3v) is 8.60. The lowest BCUT2D eigenvalue weighted by Gasteiger charge is -2.40. The lowest BCUT2D eigenvalue weighted by atomic mass is 9.87. The Balaban J connectivity index is 1.54. The molecule has 0 spiro atoms. The fraction of sp³-hybridized carbons (Fsp3) is 0.739. The van der Waals surface area contributed by atoms with Crippen LogP contribution >= 0.6 is 11.3 Å². The van der Waals surface area contributed by atoms with Gasteiger partial charge in [-0.15, -0.1) is 11.3 Å². The molecule has 2 aliphatic heterocycles. The molecule has 2 aliphatic rings. The maximum atomic E-state index is 13.3. The van der Waals surface area contributed by atoms with Crippen LogP contribution in [0.25, 0.3) is 0 Å². The molecule has 2 amide bonds. The number of sulfonamides is 1. The topological polar surface area (TPSA) is 86.8 Å². The van der Waals surface area contributed by atoms with Crippen LogP contribution in [-0.4, -0.2) is 68.5 Å². The molecular formula is C23H37N3O4S2. The van der Waals surface area contributed by atoms with Crippen molar-refractivity contribution in [3.8, 4) is 0 Å². The van der Waals surface area contributed by atoms with E-state index in [9.17, 15) is 18.0 Å². The number of nitrogens with one attached hydrogen (secondary N) is 1. The predicted molar refractivity (Wildman–Crippen MR) is 128 cm³/mol. The van der Waals surface area contributed by atoms with Gasteiger partial charge in [-0.3, -0.25) is 9.59 Å². The quantitative estimate of drug-likeness (QED) is 0.614. The number of thiophene rings is 1. The van der Waals surface area contributed by atoms with E-state index in [0.717, 1.165) is 50.5 Å². The van der Waals surface area contributed by atoms with Crippen LogP contribution in [0.1, 0.15) is 79.9 Å². The van der Waals surface area contributed by atoms with Crippen molar-refractivity contribution in [3.05, 3.63) is 21.9 Å². The van der Waals surface area contributed by atoms with E-state index in [1.54, 1.807) is 11.3 Å². The molecule has 3 rings (SSSR count). The van der Waals surface area contributed by atoms with Crippen molar-refractivity contribution < 1.29 is 18.0 Å². The summed E-state index contributed by atoms with van der Waals surface area (Å²) in [6.45, 7) is 6.80. The second kappa shape index (κ2) is 11.1. The van der Waals surface area contributed by atoms with Crippen LogP contribution in [0.5, 0.6) is 0 Å². The highest BCUT2D eigenvalue weighted by molar-refractivity contribution is 7.88. The van der Waals surface area contributed by atoms with E-state index in [4.69, 9.17) is 0 Å². The minimum absolute atomic E-state index is 0.0113. The molecule has 0 aliphatic carbocycles. The van der Waals surface area contributed by atoms with Gasteiger partial charge >= 0.3 is 0 Å². The molecular weight excluding hydrogens is 446 g/mol. The molecule has 0 bridgehead atoms. The standard InChI is InChI=1S/C23H37N3O4S2/c1-4-6-20-17(2)7-5-12-26(20)23(28)19-15-21(31-16-19)18-9-13-25(14-10-18)22(27)8-11-24-32(3,29)30/h15-18,20,24H,4-14H2,1-3H3. The molecule has 0 saturated carbocycles. The van der Waals surface area contributed by atoms with Crippen molar-refractivity contribution in [1.82, 2.24) is 14.5 Å². The van der Waals surface area contributed by atoms with Gasteiger partial charge in [0, 0.05) is 48.9 Å². The lowest BCUT2D eigenvalue weighted by Crippen LogP contribution is -2.47. The zero-order valence-electron chi connectivity index (χ0n) is 19.5. The number of likely N-dealkylation sites (tertiary alicyclic amines) is 2. The number of carbonyl (C=O) groups excluding carboxylic acids is 2. The van der Waals surface area contributed by atoms with E-state index in [1.807, 2.05) is 10.3 Å². The summed E-state index contributed by atoms with van der Waals surface area (Å²) in [5.41, 5.74) is 0.811. The smallest absolute Gasteiger partial charge is 0.254 e. The first-order valence-electron chi connectivity index (χ1n) is 11.8. The minimum Gasteiger partial charge on any atom is -0.343 e. The van der Waals surface area contributed by atoms with Crippen molar-refractivity contribution in [3.63, 3.8) is 0 Å². The summed E-state index contributed by atoms with van der Waals surface area (Å²) in [4.78, 5) is 30.8. The Morgan fingerprint density at radius 3 is 2.56 bits per heavy atom. The van der Waals surface area contributed by atoms with Gasteiger partial charge in [-0.2, -0.15) is 0 Å². The molecule has 2 unspecified atom stereocenters. The molecule has 3 heterocycles. The summed E-state index contributed by atoms with van der Waals surface area (Å²) in [5, 5.41) is 2.01. The summed E-state index contributed by atoms with van der Waals surface area (Å²) in [6, 6.07) is 2.42. The van der Waals surface area contributed by atoms with E-state index >= 15 is 0 Å². The molecule has 32 heavy (non-hydrogen) atoms. The van der Waals surface area contributed by atoms with Gasteiger partial charge in [-0.1, -0.05) is 20.3 Å². The van der Waals surface area contributed by atoms with Gasteiger partial charge in [0.15, 0.2) is 0 Å². The first-order chi connectivity index (χ1) is 15.2. The molecule has 2 fully saturated rings. The molecule has 1 N–H and O–H groups in total. The van der Waals surface area contributed by atoms with Gasteiger partial charge in [-0.25, -0.2) is 13.1 Å². The van der Waals surface area contributed by atoms with Crippen LogP contribution in [0, 0.1) is 5.92 Å². The SMILES string of the molecule is CCCC1C(C)CCCN1C(=O)c1csc(C2CCN(C(=O)CCNS(C)(=O)=O)CC2)c1. The number of nitrogens with zero attached hydrogens (tertiary/aromatic N) is 2. The normalized spacial score (nSPS) is 22.8. The fourth-order valence-electron chi connectivity index (χ4n) is 5.00. The highest BCUT2D eigenvalue weighted by Gasteiger charge is 2.32. The Morgan fingerprint density at radius 2 is 1.91 bits per heavy atom.